The molecule has 1 aromatic rings. The topological polar surface area (TPSA) is 49.3 Å². The minimum Gasteiger partial charge on any atom is -0.383 e. The fourth-order valence-electron chi connectivity index (χ4n) is 2.32. The van der Waals surface area contributed by atoms with E-state index in [0.29, 0.717) is 6.42 Å². The van der Waals surface area contributed by atoms with Crippen LogP contribution in [-0.2, 0) is 17.6 Å². The van der Waals surface area contributed by atoms with E-state index < -0.39 is 6.10 Å². The van der Waals surface area contributed by atoms with Gasteiger partial charge in [0.15, 0.2) is 0 Å². The van der Waals surface area contributed by atoms with Crippen molar-refractivity contribution in [2.75, 3.05) is 12.0 Å². The summed E-state index contributed by atoms with van der Waals surface area (Å²) in [6.45, 7) is 0. The third-order valence-electron chi connectivity index (χ3n) is 3.30. The molecule has 0 spiro atoms. The van der Waals surface area contributed by atoms with E-state index in [2.05, 4.69) is 17.4 Å². The predicted octanol–water partition coefficient (Wildman–Crippen LogP) is 1.38. The van der Waals surface area contributed by atoms with Gasteiger partial charge in [-0.15, -0.1) is 0 Å². The van der Waals surface area contributed by atoms with Crippen LogP contribution in [0.1, 0.15) is 17.5 Å². The molecule has 0 aromatic heterocycles. The Bertz CT molecular complexity index is 397. The van der Waals surface area contributed by atoms with Crippen LogP contribution in [0.3, 0.4) is 0 Å². The van der Waals surface area contributed by atoms with Crippen molar-refractivity contribution in [2.24, 2.45) is 0 Å². The summed E-state index contributed by atoms with van der Waals surface area (Å²) in [7, 11) is 0. The van der Waals surface area contributed by atoms with Crippen LogP contribution in [-0.4, -0.2) is 35.2 Å². The van der Waals surface area contributed by atoms with Crippen LogP contribution in [0, 0.1) is 0 Å². The van der Waals surface area contributed by atoms with Gasteiger partial charge in [-0.25, -0.2) is 0 Å². The van der Waals surface area contributed by atoms with Gasteiger partial charge in [0.2, 0.25) is 5.91 Å². The van der Waals surface area contributed by atoms with E-state index in [1.807, 2.05) is 18.4 Å². The average Bonchev–Trinajstić information content (AvgIpc) is 2.77. The number of carbonyl (C=O) groups is 1. The lowest BCUT2D eigenvalue weighted by Gasteiger charge is -2.15. The highest BCUT2D eigenvalue weighted by Crippen LogP contribution is 2.21. The molecule has 0 heterocycles. The van der Waals surface area contributed by atoms with E-state index in [1.165, 1.54) is 11.1 Å². The van der Waals surface area contributed by atoms with Crippen LogP contribution < -0.4 is 5.32 Å². The fourth-order valence-corrected chi connectivity index (χ4v) is 2.78. The highest BCUT2D eigenvalue weighted by atomic mass is 32.2. The van der Waals surface area contributed by atoms with Crippen molar-refractivity contribution in [2.45, 2.75) is 31.4 Å². The molecule has 3 nitrogen and oxygen atoms in total. The lowest BCUT2D eigenvalue weighted by atomic mass is 10.1. The molecule has 0 radical (unpaired) electrons. The Kier molecular flexibility index (Phi) is 4.66. The van der Waals surface area contributed by atoms with Crippen molar-refractivity contribution in [1.29, 1.82) is 0 Å². The van der Waals surface area contributed by atoms with Crippen LogP contribution in [0.15, 0.2) is 24.3 Å². The second-order valence-corrected chi connectivity index (χ2v) is 5.67. The summed E-state index contributed by atoms with van der Waals surface area (Å²) in [5, 5.41) is 12.6. The Morgan fingerprint density at radius 3 is 2.61 bits per heavy atom. The molecule has 0 fully saturated rings. The largest absolute Gasteiger partial charge is 0.383 e. The van der Waals surface area contributed by atoms with Gasteiger partial charge >= 0.3 is 0 Å². The van der Waals surface area contributed by atoms with Crippen molar-refractivity contribution < 1.29 is 9.90 Å². The van der Waals surface area contributed by atoms with Crippen LogP contribution in [0.25, 0.3) is 0 Å². The molecule has 18 heavy (non-hydrogen) atoms. The predicted molar refractivity (Wildman–Crippen MR) is 74.8 cm³/mol. The molecule has 98 valence electrons. The van der Waals surface area contributed by atoms with E-state index in [1.54, 1.807) is 11.8 Å². The Hall–Kier alpha value is -1.00. The fraction of sp³-hybridized carbons (Fsp3) is 0.500. The number of nitrogens with one attached hydrogen (secondary N) is 1. The number of aliphatic hydroxyl groups excluding tert-OH is 1. The summed E-state index contributed by atoms with van der Waals surface area (Å²) in [6.07, 6.45) is 3.36. The van der Waals surface area contributed by atoms with Gasteiger partial charge in [-0.05, 0) is 42.4 Å². The molecule has 0 bridgehead atoms. The molecule has 1 aliphatic carbocycles. The van der Waals surface area contributed by atoms with Gasteiger partial charge in [-0.2, -0.15) is 11.8 Å². The molecule has 0 unspecified atom stereocenters. The number of benzene rings is 1. The van der Waals surface area contributed by atoms with Crippen LogP contribution in [0.5, 0.6) is 0 Å². The number of amides is 1. The molecule has 0 saturated heterocycles. The Balaban J connectivity index is 1.84. The number of fused-ring (bicyclic) bond motifs is 1. The van der Waals surface area contributed by atoms with Crippen molar-refractivity contribution in [1.82, 2.24) is 5.32 Å². The minimum absolute atomic E-state index is 0.138. The number of hydrogen-bond donors (Lipinski definition) is 2. The van der Waals surface area contributed by atoms with E-state index in [4.69, 9.17) is 0 Å². The van der Waals surface area contributed by atoms with Gasteiger partial charge in [0.1, 0.15) is 6.10 Å². The smallest absolute Gasteiger partial charge is 0.249 e. The molecular formula is C14H19NO2S. The number of thioether (sulfide) groups is 1. The van der Waals surface area contributed by atoms with Gasteiger partial charge in [-0.3, -0.25) is 4.79 Å². The van der Waals surface area contributed by atoms with Crippen molar-refractivity contribution in [3.8, 4) is 0 Å². The molecule has 1 aromatic carbocycles. The second-order valence-electron chi connectivity index (χ2n) is 4.68. The SMILES string of the molecule is CSCC[C@H](O)C(=O)NC1Cc2ccccc2C1. The lowest BCUT2D eigenvalue weighted by Crippen LogP contribution is -2.42. The minimum atomic E-state index is -0.874. The van der Waals surface area contributed by atoms with Gasteiger partial charge in [-0.1, -0.05) is 24.3 Å². The van der Waals surface area contributed by atoms with Crippen molar-refractivity contribution in [3.05, 3.63) is 35.4 Å². The molecular weight excluding hydrogens is 246 g/mol. The number of rotatable bonds is 5. The zero-order valence-electron chi connectivity index (χ0n) is 10.6. The molecule has 1 atom stereocenters. The molecule has 2 N–H and O–H groups in total. The molecule has 2 rings (SSSR count). The number of hydrogen-bond acceptors (Lipinski definition) is 3. The first-order valence-electron chi connectivity index (χ1n) is 6.25. The first-order valence-corrected chi connectivity index (χ1v) is 7.64. The van der Waals surface area contributed by atoms with E-state index in [-0.39, 0.29) is 11.9 Å². The summed E-state index contributed by atoms with van der Waals surface area (Å²) in [5.74, 6) is 0.571. The highest BCUT2D eigenvalue weighted by molar-refractivity contribution is 7.98. The summed E-state index contributed by atoms with van der Waals surface area (Å²) in [5.41, 5.74) is 2.61. The standard InChI is InChI=1S/C14H19NO2S/c1-18-7-6-13(16)14(17)15-12-8-10-4-2-3-5-11(10)9-12/h2-5,12-13,16H,6-9H2,1H3,(H,15,17)/t13-/m0/s1. The summed E-state index contributed by atoms with van der Waals surface area (Å²) >= 11 is 1.64. The number of carbonyl (C=O) groups excluding carboxylic acids is 1. The Morgan fingerprint density at radius 1 is 1.44 bits per heavy atom. The third-order valence-corrected chi connectivity index (χ3v) is 3.94. The molecule has 1 amide bonds. The average molecular weight is 265 g/mol. The third kappa shape index (κ3) is 3.27. The Labute approximate surface area is 112 Å². The molecule has 0 saturated carbocycles. The monoisotopic (exact) mass is 265 g/mol. The zero-order valence-corrected chi connectivity index (χ0v) is 11.4. The zero-order chi connectivity index (χ0) is 13.0. The van der Waals surface area contributed by atoms with Gasteiger partial charge in [0.05, 0.1) is 0 Å². The van der Waals surface area contributed by atoms with Crippen LogP contribution in [0.4, 0.5) is 0 Å². The maximum atomic E-state index is 11.8. The van der Waals surface area contributed by atoms with E-state index in [9.17, 15) is 9.90 Å². The molecule has 1 aliphatic rings. The van der Waals surface area contributed by atoms with Crippen LogP contribution in [0.2, 0.25) is 0 Å². The van der Waals surface area contributed by atoms with Gasteiger partial charge in [0, 0.05) is 6.04 Å². The summed E-state index contributed by atoms with van der Waals surface area (Å²) < 4.78 is 0. The van der Waals surface area contributed by atoms with E-state index >= 15 is 0 Å². The van der Waals surface area contributed by atoms with Gasteiger partial charge < -0.3 is 10.4 Å². The first-order chi connectivity index (χ1) is 8.70. The maximum Gasteiger partial charge on any atom is 0.249 e. The van der Waals surface area contributed by atoms with Crippen molar-refractivity contribution >= 4 is 17.7 Å². The quantitative estimate of drug-likeness (QED) is 0.846. The summed E-state index contributed by atoms with van der Waals surface area (Å²) in [6, 6.07) is 8.39. The summed E-state index contributed by atoms with van der Waals surface area (Å²) in [4.78, 5) is 11.8. The van der Waals surface area contributed by atoms with E-state index in [0.717, 1.165) is 18.6 Å². The number of aliphatic hydroxyl groups is 1. The van der Waals surface area contributed by atoms with Gasteiger partial charge in [0.25, 0.3) is 0 Å². The van der Waals surface area contributed by atoms with Crippen molar-refractivity contribution in [3.63, 3.8) is 0 Å². The molecule has 4 heteroatoms. The van der Waals surface area contributed by atoms with Crippen LogP contribution >= 0.6 is 11.8 Å². The highest BCUT2D eigenvalue weighted by Gasteiger charge is 2.24. The Morgan fingerprint density at radius 2 is 2.06 bits per heavy atom. The second kappa shape index (κ2) is 6.25. The maximum absolute atomic E-state index is 11.8. The lowest BCUT2D eigenvalue weighted by molar-refractivity contribution is -0.130. The normalized spacial score (nSPS) is 16.3. The first kappa shape index (κ1) is 13.4. The molecule has 0 aliphatic heterocycles.